The lowest BCUT2D eigenvalue weighted by Crippen LogP contribution is -1.95. The van der Waals surface area contributed by atoms with Crippen molar-refractivity contribution in [1.29, 1.82) is 0 Å². The van der Waals surface area contributed by atoms with Crippen molar-refractivity contribution in [3.8, 4) is 27.8 Å². The standard InChI is InChI=1S/C23H16N2O2S/c1-2-6-16(7-3-1)22-24-18(15-27-22)14-26-19-12-10-17(11-13-19)23-25-20-8-4-5-9-21(20)28-23/h1-13,15H,14H2. The SMILES string of the molecule is c1ccc(-c2nc(COc3ccc(-c4nc5ccccc5s4)cc3)co2)cc1. The molecule has 0 bridgehead atoms. The molecule has 136 valence electrons. The highest BCUT2D eigenvalue weighted by atomic mass is 32.1. The number of aromatic nitrogens is 2. The fraction of sp³-hybridized carbons (Fsp3) is 0.0435. The van der Waals surface area contributed by atoms with Gasteiger partial charge in [-0.3, -0.25) is 0 Å². The molecule has 3 aromatic carbocycles. The summed E-state index contributed by atoms with van der Waals surface area (Å²) in [5.74, 6) is 1.39. The summed E-state index contributed by atoms with van der Waals surface area (Å²) < 4.78 is 12.6. The van der Waals surface area contributed by atoms with Crippen molar-refractivity contribution in [2.45, 2.75) is 6.61 Å². The van der Waals surface area contributed by atoms with Crippen LogP contribution in [0.4, 0.5) is 0 Å². The average Bonchev–Trinajstić information content (AvgIpc) is 3.40. The highest BCUT2D eigenvalue weighted by Gasteiger charge is 2.08. The van der Waals surface area contributed by atoms with Gasteiger partial charge < -0.3 is 9.15 Å². The summed E-state index contributed by atoms with van der Waals surface area (Å²) in [5.41, 5.74) is 3.83. The van der Waals surface area contributed by atoms with E-state index < -0.39 is 0 Å². The van der Waals surface area contributed by atoms with Crippen LogP contribution in [0.5, 0.6) is 5.75 Å². The fourth-order valence-corrected chi connectivity index (χ4v) is 3.90. The quantitative estimate of drug-likeness (QED) is 0.362. The lowest BCUT2D eigenvalue weighted by Gasteiger charge is -2.04. The molecule has 5 aromatic rings. The lowest BCUT2D eigenvalue weighted by molar-refractivity contribution is 0.301. The van der Waals surface area contributed by atoms with Gasteiger partial charge in [0, 0.05) is 11.1 Å². The van der Waals surface area contributed by atoms with Crippen molar-refractivity contribution in [2.24, 2.45) is 0 Å². The van der Waals surface area contributed by atoms with Crippen LogP contribution < -0.4 is 4.74 Å². The van der Waals surface area contributed by atoms with Crippen LogP contribution in [-0.2, 0) is 6.61 Å². The Morgan fingerprint density at radius 2 is 1.57 bits per heavy atom. The monoisotopic (exact) mass is 384 g/mol. The number of benzene rings is 3. The van der Waals surface area contributed by atoms with Gasteiger partial charge in [-0.1, -0.05) is 30.3 Å². The summed E-state index contributed by atoms with van der Waals surface area (Å²) in [6, 6.07) is 26.0. The third-order valence-electron chi connectivity index (χ3n) is 4.35. The van der Waals surface area contributed by atoms with Gasteiger partial charge in [-0.05, 0) is 48.5 Å². The second-order valence-electron chi connectivity index (χ2n) is 6.31. The average molecular weight is 384 g/mol. The molecule has 2 heterocycles. The Bertz CT molecular complexity index is 1180. The number of hydrogen-bond acceptors (Lipinski definition) is 5. The van der Waals surface area contributed by atoms with Crippen LogP contribution in [0.15, 0.2) is 89.5 Å². The number of hydrogen-bond donors (Lipinski definition) is 0. The van der Waals surface area contributed by atoms with Gasteiger partial charge in [0.2, 0.25) is 5.89 Å². The van der Waals surface area contributed by atoms with Crippen molar-refractivity contribution in [2.75, 3.05) is 0 Å². The number of thiazole rings is 1. The molecule has 0 N–H and O–H groups in total. The van der Waals surface area contributed by atoms with Crippen LogP contribution in [0.1, 0.15) is 5.69 Å². The van der Waals surface area contributed by atoms with Crippen LogP contribution in [0.25, 0.3) is 32.2 Å². The summed E-state index contributed by atoms with van der Waals surface area (Å²) in [6.45, 7) is 0.358. The molecule has 0 atom stereocenters. The first-order chi connectivity index (χ1) is 13.8. The first-order valence-electron chi connectivity index (χ1n) is 8.94. The van der Waals surface area contributed by atoms with Crippen LogP contribution in [0.2, 0.25) is 0 Å². The van der Waals surface area contributed by atoms with E-state index in [1.165, 1.54) is 4.70 Å². The molecule has 4 nitrogen and oxygen atoms in total. The summed E-state index contributed by atoms with van der Waals surface area (Å²) in [4.78, 5) is 9.18. The van der Waals surface area contributed by atoms with Gasteiger partial charge in [0.05, 0.1) is 10.2 Å². The van der Waals surface area contributed by atoms with Gasteiger partial charge >= 0.3 is 0 Å². The Morgan fingerprint density at radius 1 is 0.786 bits per heavy atom. The maximum absolute atomic E-state index is 5.85. The van der Waals surface area contributed by atoms with E-state index in [4.69, 9.17) is 14.1 Å². The lowest BCUT2D eigenvalue weighted by atomic mass is 10.2. The Kier molecular flexibility index (Phi) is 4.35. The summed E-state index contributed by atoms with van der Waals surface area (Å²) >= 11 is 1.69. The number of oxazole rings is 1. The van der Waals surface area contributed by atoms with Crippen molar-refractivity contribution in [3.63, 3.8) is 0 Å². The van der Waals surface area contributed by atoms with Gasteiger partial charge in [-0.15, -0.1) is 11.3 Å². The molecular weight excluding hydrogens is 368 g/mol. The zero-order valence-corrected chi connectivity index (χ0v) is 15.7. The largest absolute Gasteiger partial charge is 0.487 e. The molecule has 28 heavy (non-hydrogen) atoms. The van der Waals surface area contributed by atoms with E-state index >= 15 is 0 Å². The topological polar surface area (TPSA) is 48.2 Å². The van der Waals surface area contributed by atoms with Crippen LogP contribution in [0.3, 0.4) is 0 Å². The summed E-state index contributed by atoms with van der Waals surface area (Å²) in [7, 11) is 0. The van der Waals surface area contributed by atoms with E-state index in [9.17, 15) is 0 Å². The maximum atomic E-state index is 5.85. The minimum Gasteiger partial charge on any atom is -0.487 e. The van der Waals surface area contributed by atoms with E-state index in [1.54, 1.807) is 17.6 Å². The molecule has 2 aromatic heterocycles. The molecule has 5 heteroatoms. The highest BCUT2D eigenvalue weighted by Crippen LogP contribution is 2.31. The molecule has 0 aliphatic heterocycles. The smallest absolute Gasteiger partial charge is 0.226 e. The Hall–Kier alpha value is -3.44. The molecule has 0 aliphatic carbocycles. The van der Waals surface area contributed by atoms with Gasteiger partial charge in [-0.25, -0.2) is 9.97 Å². The molecule has 0 unspecified atom stereocenters. The molecule has 0 radical (unpaired) electrons. The number of fused-ring (bicyclic) bond motifs is 1. The number of rotatable bonds is 5. The predicted octanol–water partition coefficient (Wildman–Crippen LogP) is 6.20. The minimum absolute atomic E-state index is 0.358. The van der Waals surface area contributed by atoms with Gasteiger partial charge in [-0.2, -0.15) is 0 Å². The van der Waals surface area contributed by atoms with E-state index in [-0.39, 0.29) is 0 Å². The molecule has 0 fully saturated rings. The summed E-state index contributed by atoms with van der Waals surface area (Å²) in [6.07, 6.45) is 1.64. The number of ether oxygens (including phenoxy) is 1. The molecule has 0 spiro atoms. The Labute approximate surface area is 166 Å². The third-order valence-corrected chi connectivity index (χ3v) is 5.44. The minimum atomic E-state index is 0.358. The molecule has 0 aliphatic rings. The summed E-state index contributed by atoms with van der Waals surface area (Å²) in [5, 5.41) is 1.01. The number of nitrogens with zero attached hydrogens (tertiary/aromatic N) is 2. The second kappa shape index (κ2) is 7.29. The van der Waals surface area contributed by atoms with Gasteiger partial charge in [0.25, 0.3) is 0 Å². The molecule has 0 amide bonds. The third kappa shape index (κ3) is 3.40. The zero-order chi connectivity index (χ0) is 18.8. The molecular formula is C23H16N2O2S. The predicted molar refractivity (Wildman–Crippen MR) is 111 cm³/mol. The van der Waals surface area contributed by atoms with E-state index in [0.29, 0.717) is 12.5 Å². The van der Waals surface area contributed by atoms with E-state index in [0.717, 1.165) is 33.1 Å². The first kappa shape index (κ1) is 16.7. The Morgan fingerprint density at radius 3 is 2.39 bits per heavy atom. The fourth-order valence-electron chi connectivity index (χ4n) is 2.93. The zero-order valence-electron chi connectivity index (χ0n) is 14.9. The maximum Gasteiger partial charge on any atom is 0.226 e. The molecule has 0 saturated carbocycles. The second-order valence-corrected chi connectivity index (χ2v) is 7.34. The van der Waals surface area contributed by atoms with Crippen LogP contribution >= 0.6 is 11.3 Å². The van der Waals surface area contributed by atoms with Crippen LogP contribution in [-0.4, -0.2) is 9.97 Å². The van der Waals surface area contributed by atoms with Crippen LogP contribution in [0, 0.1) is 0 Å². The van der Waals surface area contributed by atoms with Gasteiger partial charge in [0.15, 0.2) is 0 Å². The molecule has 0 saturated heterocycles. The van der Waals surface area contributed by atoms with E-state index in [2.05, 4.69) is 11.1 Å². The van der Waals surface area contributed by atoms with Crippen molar-refractivity contribution in [1.82, 2.24) is 9.97 Å². The Balaban J connectivity index is 1.27. The number of para-hydroxylation sites is 1. The van der Waals surface area contributed by atoms with E-state index in [1.807, 2.05) is 72.8 Å². The van der Waals surface area contributed by atoms with Crippen molar-refractivity contribution in [3.05, 3.63) is 90.8 Å². The van der Waals surface area contributed by atoms with Crippen molar-refractivity contribution >= 4 is 21.6 Å². The highest BCUT2D eigenvalue weighted by molar-refractivity contribution is 7.21. The van der Waals surface area contributed by atoms with Crippen molar-refractivity contribution < 1.29 is 9.15 Å². The van der Waals surface area contributed by atoms with Gasteiger partial charge in [0.1, 0.15) is 29.3 Å². The first-order valence-corrected chi connectivity index (χ1v) is 9.75. The molecule has 5 rings (SSSR count). The normalized spacial score (nSPS) is 11.0.